The molecule has 1 aromatic carbocycles. The predicted octanol–water partition coefficient (Wildman–Crippen LogP) is 0.983. The Labute approximate surface area is 107 Å². The van der Waals surface area contributed by atoms with Crippen molar-refractivity contribution in [2.45, 2.75) is 19.4 Å². The number of amides is 1. The molecule has 1 saturated heterocycles. The molecular formula is C13H19N3O2. The summed E-state index contributed by atoms with van der Waals surface area (Å²) in [5.74, 6) is -0.436. The average molecular weight is 249 g/mol. The molecule has 0 radical (unpaired) electrons. The van der Waals surface area contributed by atoms with E-state index in [0.717, 1.165) is 12.2 Å². The zero-order valence-corrected chi connectivity index (χ0v) is 10.8. The van der Waals surface area contributed by atoms with Gasteiger partial charge in [-0.25, -0.2) is 0 Å². The van der Waals surface area contributed by atoms with Crippen molar-refractivity contribution in [1.82, 2.24) is 0 Å². The van der Waals surface area contributed by atoms with E-state index in [2.05, 4.69) is 4.90 Å². The number of benzene rings is 1. The first-order valence-electron chi connectivity index (χ1n) is 5.97. The Morgan fingerprint density at radius 3 is 2.78 bits per heavy atom. The zero-order valence-electron chi connectivity index (χ0n) is 10.8. The normalized spacial score (nSPS) is 18.7. The number of hydrogen-bond donors (Lipinski definition) is 2. The second-order valence-electron chi connectivity index (χ2n) is 5.17. The quantitative estimate of drug-likeness (QED) is 0.766. The van der Waals surface area contributed by atoms with E-state index >= 15 is 0 Å². The highest BCUT2D eigenvalue weighted by atomic mass is 16.5. The van der Waals surface area contributed by atoms with Crippen molar-refractivity contribution in [3.63, 3.8) is 0 Å². The molecule has 1 aliphatic heterocycles. The van der Waals surface area contributed by atoms with E-state index in [0.29, 0.717) is 24.4 Å². The highest BCUT2D eigenvalue weighted by Gasteiger charge is 2.29. The second-order valence-corrected chi connectivity index (χ2v) is 5.17. The highest BCUT2D eigenvalue weighted by Crippen LogP contribution is 2.28. The fraction of sp³-hybridized carbons (Fsp3) is 0.462. The molecule has 98 valence electrons. The van der Waals surface area contributed by atoms with Crippen LogP contribution in [0.5, 0.6) is 0 Å². The topological polar surface area (TPSA) is 81.6 Å². The van der Waals surface area contributed by atoms with Gasteiger partial charge in [0, 0.05) is 18.8 Å². The van der Waals surface area contributed by atoms with Gasteiger partial charge in [0.15, 0.2) is 0 Å². The number of ether oxygens (including phenoxy) is 1. The first-order valence-corrected chi connectivity index (χ1v) is 5.97. The van der Waals surface area contributed by atoms with Gasteiger partial charge in [0.25, 0.3) is 5.91 Å². The van der Waals surface area contributed by atoms with E-state index in [4.69, 9.17) is 16.2 Å². The highest BCUT2D eigenvalue weighted by molar-refractivity contribution is 5.99. The van der Waals surface area contributed by atoms with E-state index in [1.165, 1.54) is 0 Å². The summed E-state index contributed by atoms with van der Waals surface area (Å²) in [6.45, 7) is 6.11. The van der Waals surface area contributed by atoms with Crippen molar-refractivity contribution < 1.29 is 9.53 Å². The first kappa shape index (κ1) is 12.7. The van der Waals surface area contributed by atoms with Gasteiger partial charge in [-0.2, -0.15) is 0 Å². The second kappa shape index (κ2) is 4.49. The molecule has 1 heterocycles. The Kier molecular flexibility index (Phi) is 3.17. The van der Waals surface area contributed by atoms with Crippen molar-refractivity contribution in [3.05, 3.63) is 23.8 Å². The minimum atomic E-state index is -0.436. The summed E-state index contributed by atoms with van der Waals surface area (Å²) in [5.41, 5.74) is 12.9. The van der Waals surface area contributed by atoms with Crippen LogP contribution >= 0.6 is 0 Å². The van der Waals surface area contributed by atoms with Gasteiger partial charge in [-0.3, -0.25) is 4.79 Å². The first-order chi connectivity index (χ1) is 8.39. The zero-order chi connectivity index (χ0) is 13.3. The summed E-state index contributed by atoms with van der Waals surface area (Å²) in [4.78, 5) is 13.6. The average Bonchev–Trinajstić information content (AvgIpc) is 2.27. The number of primary amides is 1. The number of carbonyl (C=O) groups is 1. The monoisotopic (exact) mass is 249 g/mol. The number of hydrogen-bond acceptors (Lipinski definition) is 4. The van der Waals surface area contributed by atoms with Crippen LogP contribution < -0.4 is 16.4 Å². The van der Waals surface area contributed by atoms with Crippen LogP contribution in [0.1, 0.15) is 24.2 Å². The Morgan fingerprint density at radius 2 is 2.17 bits per heavy atom. The molecule has 1 aromatic rings. The van der Waals surface area contributed by atoms with Gasteiger partial charge in [-0.15, -0.1) is 0 Å². The molecule has 1 amide bonds. The lowest BCUT2D eigenvalue weighted by molar-refractivity contribution is -0.0277. The molecule has 0 saturated carbocycles. The van der Waals surface area contributed by atoms with Crippen LogP contribution in [0.2, 0.25) is 0 Å². The van der Waals surface area contributed by atoms with E-state index in [-0.39, 0.29) is 5.60 Å². The maximum atomic E-state index is 11.5. The molecule has 5 nitrogen and oxygen atoms in total. The van der Waals surface area contributed by atoms with Gasteiger partial charge in [-0.1, -0.05) is 0 Å². The molecule has 2 rings (SSSR count). The molecule has 1 aliphatic rings. The molecule has 0 aromatic heterocycles. The summed E-state index contributed by atoms with van der Waals surface area (Å²) in [6, 6.07) is 5.16. The Morgan fingerprint density at radius 1 is 1.44 bits per heavy atom. The largest absolute Gasteiger partial charge is 0.399 e. The van der Waals surface area contributed by atoms with Crippen molar-refractivity contribution in [2.75, 3.05) is 30.3 Å². The summed E-state index contributed by atoms with van der Waals surface area (Å²) in [5, 5.41) is 0. The molecule has 0 atom stereocenters. The third-order valence-corrected chi connectivity index (χ3v) is 3.05. The number of nitrogens with two attached hydrogens (primary N) is 2. The van der Waals surface area contributed by atoms with Gasteiger partial charge >= 0.3 is 0 Å². The molecule has 0 unspecified atom stereocenters. The van der Waals surface area contributed by atoms with Gasteiger partial charge in [0.1, 0.15) is 0 Å². The van der Waals surface area contributed by atoms with Crippen LogP contribution in [-0.4, -0.2) is 31.2 Å². The van der Waals surface area contributed by atoms with Gasteiger partial charge in [-0.05, 0) is 32.0 Å². The van der Waals surface area contributed by atoms with Crippen LogP contribution in [-0.2, 0) is 4.74 Å². The van der Waals surface area contributed by atoms with E-state index < -0.39 is 5.91 Å². The van der Waals surface area contributed by atoms with Crippen molar-refractivity contribution in [3.8, 4) is 0 Å². The maximum Gasteiger partial charge on any atom is 0.250 e. The molecule has 0 bridgehead atoms. The molecule has 5 heteroatoms. The predicted molar refractivity (Wildman–Crippen MR) is 71.6 cm³/mol. The van der Waals surface area contributed by atoms with Crippen LogP contribution in [0.25, 0.3) is 0 Å². The Bertz CT molecular complexity index is 471. The number of rotatable bonds is 2. The van der Waals surface area contributed by atoms with E-state index in [1.54, 1.807) is 18.2 Å². The summed E-state index contributed by atoms with van der Waals surface area (Å²) >= 11 is 0. The fourth-order valence-electron chi connectivity index (χ4n) is 2.24. The number of morpholine rings is 1. The van der Waals surface area contributed by atoms with Crippen molar-refractivity contribution >= 4 is 17.3 Å². The molecule has 18 heavy (non-hydrogen) atoms. The fourth-order valence-corrected chi connectivity index (χ4v) is 2.24. The summed E-state index contributed by atoms with van der Waals surface area (Å²) in [6.07, 6.45) is 0. The summed E-state index contributed by atoms with van der Waals surface area (Å²) in [7, 11) is 0. The lowest BCUT2D eigenvalue weighted by Gasteiger charge is -2.40. The maximum absolute atomic E-state index is 11.5. The van der Waals surface area contributed by atoms with Crippen LogP contribution in [0.3, 0.4) is 0 Å². The van der Waals surface area contributed by atoms with Crippen molar-refractivity contribution in [2.24, 2.45) is 5.73 Å². The number of carbonyl (C=O) groups excluding carboxylic acids is 1. The Balaban J connectivity index is 2.37. The molecular weight excluding hydrogens is 230 g/mol. The van der Waals surface area contributed by atoms with Gasteiger partial charge < -0.3 is 21.1 Å². The lowest BCUT2D eigenvalue weighted by atomic mass is 10.0. The van der Waals surface area contributed by atoms with E-state index in [9.17, 15) is 4.79 Å². The standard InChI is InChI=1S/C13H19N3O2/c1-13(2)8-16(5-6-18-13)11-7-9(14)3-4-10(11)12(15)17/h3-4,7H,5-6,8,14H2,1-2H3,(H2,15,17). The van der Waals surface area contributed by atoms with Gasteiger partial charge in [0.05, 0.1) is 23.5 Å². The number of nitrogen functional groups attached to an aromatic ring is 1. The minimum Gasteiger partial charge on any atom is -0.399 e. The van der Waals surface area contributed by atoms with Crippen molar-refractivity contribution in [1.29, 1.82) is 0 Å². The minimum absolute atomic E-state index is 0.238. The van der Waals surface area contributed by atoms with Crippen LogP contribution in [0.4, 0.5) is 11.4 Å². The molecule has 0 aliphatic carbocycles. The van der Waals surface area contributed by atoms with Crippen LogP contribution in [0, 0.1) is 0 Å². The van der Waals surface area contributed by atoms with Crippen LogP contribution in [0.15, 0.2) is 18.2 Å². The van der Waals surface area contributed by atoms with E-state index in [1.807, 2.05) is 13.8 Å². The third-order valence-electron chi connectivity index (χ3n) is 3.05. The molecule has 0 spiro atoms. The smallest absolute Gasteiger partial charge is 0.250 e. The SMILES string of the molecule is CC1(C)CN(c2cc(N)ccc2C(N)=O)CCO1. The van der Waals surface area contributed by atoms with Gasteiger partial charge in [0.2, 0.25) is 0 Å². The molecule has 1 fully saturated rings. The molecule has 4 N–H and O–H groups in total. The third kappa shape index (κ3) is 2.56. The summed E-state index contributed by atoms with van der Waals surface area (Å²) < 4.78 is 5.66. The number of anilines is 2. The number of nitrogens with zero attached hydrogens (tertiary/aromatic N) is 1. The lowest BCUT2D eigenvalue weighted by Crippen LogP contribution is -2.48. The Hall–Kier alpha value is -1.75.